The lowest BCUT2D eigenvalue weighted by atomic mass is 9.90. The van der Waals surface area contributed by atoms with E-state index in [2.05, 4.69) is 0 Å². The minimum absolute atomic E-state index is 0.00609. The average molecular weight is 289 g/mol. The molecule has 2 atom stereocenters. The van der Waals surface area contributed by atoms with Crippen molar-refractivity contribution in [2.24, 2.45) is 5.41 Å². The molecule has 0 aromatic rings. The highest BCUT2D eigenvalue weighted by Gasteiger charge is 2.52. The summed E-state index contributed by atoms with van der Waals surface area (Å²) in [6.07, 6.45) is -4.85. The summed E-state index contributed by atoms with van der Waals surface area (Å²) in [5.41, 5.74) is -1.32. The van der Waals surface area contributed by atoms with Crippen LogP contribution in [-0.4, -0.2) is 48.3 Å². The summed E-state index contributed by atoms with van der Waals surface area (Å²) in [7, 11) is -4.56. The number of hydrogen-bond donors (Lipinski definition) is 1. The van der Waals surface area contributed by atoms with E-state index in [0.717, 1.165) is 0 Å². The van der Waals surface area contributed by atoms with Crippen LogP contribution in [0.2, 0.25) is 0 Å². The van der Waals surface area contributed by atoms with Crippen molar-refractivity contribution >= 4 is 16.0 Å². The number of rotatable bonds is 3. The van der Waals surface area contributed by atoms with Crippen LogP contribution in [0.15, 0.2) is 0 Å². The summed E-state index contributed by atoms with van der Waals surface area (Å²) in [4.78, 5) is 10.9. The second kappa shape index (κ2) is 4.37. The summed E-state index contributed by atoms with van der Waals surface area (Å²) < 4.78 is 61.3. The minimum atomic E-state index is -4.86. The van der Waals surface area contributed by atoms with E-state index in [9.17, 15) is 26.4 Å². The molecule has 9 heteroatoms. The zero-order valence-corrected chi connectivity index (χ0v) is 10.7. The van der Waals surface area contributed by atoms with Gasteiger partial charge in [-0.2, -0.15) is 13.2 Å². The van der Waals surface area contributed by atoms with Crippen LogP contribution in [0.3, 0.4) is 0 Å². The van der Waals surface area contributed by atoms with Crippen molar-refractivity contribution in [3.05, 3.63) is 0 Å². The number of carbonyl (C=O) groups is 1. The molecular formula is C9H14F3NO4S. The van der Waals surface area contributed by atoms with Crippen LogP contribution in [-0.2, 0) is 14.8 Å². The van der Waals surface area contributed by atoms with Crippen LogP contribution in [0.25, 0.3) is 0 Å². The van der Waals surface area contributed by atoms with Crippen molar-refractivity contribution in [2.75, 3.05) is 13.1 Å². The van der Waals surface area contributed by atoms with Crippen LogP contribution in [0, 0.1) is 5.41 Å². The van der Waals surface area contributed by atoms with Crippen molar-refractivity contribution in [3.63, 3.8) is 0 Å². The van der Waals surface area contributed by atoms with E-state index in [1.807, 2.05) is 0 Å². The maximum Gasteiger partial charge on any atom is 0.406 e. The zero-order chi connectivity index (χ0) is 14.4. The van der Waals surface area contributed by atoms with Crippen molar-refractivity contribution in [1.29, 1.82) is 0 Å². The number of aliphatic carboxylic acids is 1. The Labute approximate surface area is 103 Å². The van der Waals surface area contributed by atoms with E-state index >= 15 is 0 Å². The maximum atomic E-state index is 12.4. The molecule has 1 aliphatic rings. The first-order valence-corrected chi connectivity index (χ1v) is 6.71. The molecule has 0 aromatic heterocycles. The highest BCUT2D eigenvalue weighted by Crippen LogP contribution is 2.35. The Balaban J connectivity index is 2.95. The third kappa shape index (κ3) is 2.61. The van der Waals surface area contributed by atoms with E-state index in [1.165, 1.54) is 6.92 Å². The van der Waals surface area contributed by atoms with Gasteiger partial charge in [0.05, 0.1) is 5.41 Å². The van der Waals surface area contributed by atoms with Gasteiger partial charge in [0.15, 0.2) is 5.25 Å². The maximum absolute atomic E-state index is 12.4. The fourth-order valence-electron chi connectivity index (χ4n) is 1.70. The first kappa shape index (κ1) is 15.2. The van der Waals surface area contributed by atoms with Gasteiger partial charge in [0.25, 0.3) is 0 Å². The largest absolute Gasteiger partial charge is 0.481 e. The second-order valence-corrected chi connectivity index (χ2v) is 6.93. The molecule has 1 heterocycles. The van der Waals surface area contributed by atoms with Gasteiger partial charge in [-0.3, -0.25) is 4.79 Å². The first-order chi connectivity index (χ1) is 7.91. The summed E-state index contributed by atoms with van der Waals surface area (Å²) in [6.45, 7) is 1.26. The van der Waals surface area contributed by atoms with Gasteiger partial charge in [-0.05, 0) is 20.3 Å². The summed E-state index contributed by atoms with van der Waals surface area (Å²) in [6, 6.07) is 0. The molecule has 0 spiro atoms. The highest BCUT2D eigenvalue weighted by atomic mass is 32.2. The topological polar surface area (TPSA) is 74.7 Å². The molecule has 0 bridgehead atoms. The molecule has 1 aliphatic heterocycles. The second-order valence-electron chi connectivity index (χ2n) is 4.68. The quantitative estimate of drug-likeness (QED) is 0.843. The zero-order valence-electron chi connectivity index (χ0n) is 9.86. The van der Waals surface area contributed by atoms with Gasteiger partial charge in [-0.1, -0.05) is 0 Å². The molecule has 1 fully saturated rings. The lowest BCUT2D eigenvalue weighted by Gasteiger charge is -2.24. The van der Waals surface area contributed by atoms with Crippen LogP contribution in [0.1, 0.15) is 20.3 Å². The van der Waals surface area contributed by atoms with Crippen LogP contribution in [0.4, 0.5) is 13.2 Å². The van der Waals surface area contributed by atoms with E-state index in [0.29, 0.717) is 11.2 Å². The van der Waals surface area contributed by atoms with Gasteiger partial charge < -0.3 is 5.11 Å². The minimum Gasteiger partial charge on any atom is -0.481 e. The highest BCUT2D eigenvalue weighted by molar-refractivity contribution is 7.89. The molecule has 0 aromatic carbocycles. The molecule has 1 N–H and O–H groups in total. The summed E-state index contributed by atoms with van der Waals surface area (Å²) in [5, 5.41) is 6.38. The summed E-state index contributed by atoms with van der Waals surface area (Å²) in [5.74, 6) is -1.21. The van der Waals surface area contributed by atoms with E-state index in [1.54, 1.807) is 0 Å². The molecule has 1 saturated heterocycles. The average Bonchev–Trinajstić information content (AvgIpc) is 2.60. The first-order valence-electron chi connectivity index (χ1n) is 5.20. The predicted octanol–water partition coefficient (Wildman–Crippen LogP) is 1.06. The number of carboxylic acids is 1. The Morgan fingerprint density at radius 3 is 2.28 bits per heavy atom. The lowest BCUT2D eigenvalue weighted by molar-refractivity contribution is -0.146. The molecule has 106 valence electrons. The number of sulfonamides is 1. The molecule has 0 amide bonds. The van der Waals surface area contributed by atoms with Crippen LogP contribution >= 0.6 is 0 Å². The molecule has 2 unspecified atom stereocenters. The lowest BCUT2D eigenvalue weighted by Crippen LogP contribution is -2.44. The van der Waals surface area contributed by atoms with Gasteiger partial charge in [-0.25, -0.2) is 12.7 Å². The standard InChI is InChI=1S/C9H14F3NO4S/c1-6(9(10,11)12)18(16,17)13-4-3-8(2,5-13)7(14)15/h6H,3-5H2,1-2H3,(H,14,15). The molecule has 0 aliphatic carbocycles. The smallest absolute Gasteiger partial charge is 0.406 e. The van der Waals surface area contributed by atoms with Crippen molar-refractivity contribution in [2.45, 2.75) is 31.7 Å². The van der Waals surface area contributed by atoms with E-state index in [4.69, 9.17) is 5.11 Å². The Kier molecular flexibility index (Phi) is 3.70. The summed E-state index contributed by atoms with van der Waals surface area (Å²) >= 11 is 0. The Hall–Kier alpha value is -0.830. The molecule has 1 rings (SSSR count). The molecular weight excluding hydrogens is 275 g/mol. The van der Waals surface area contributed by atoms with Crippen LogP contribution < -0.4 is 0 Å². The number of hydrogen-bond acceptors (Lipinski definition) is 3. The third-order valence-corrected chi connectivity index (χ3v) is 5.41. The monoisotopic (exact) mass is 289 g/mol. The number of nitrogens with zero attached hydrogens (tertiary/aromatic N) is 1. The van der Waals surface area contributed by atoms with E-state index in [-0.39, 0.29) is 13.0 Å². The van der Waals surface area contributed by atoms with Gasteiger partial charge in [-0.15, -0.1) is 0 Å². The Bertz CT molecular complexity index is 447. The van der Waals surface area contributed by atoms with Crippen molar-refractivity contribution in [1.82, 2.24) is 4.31 Å². The van der Waals surface area contributed by atoms with Crippen molar-refractivity contribution in [3.8, 4) is 0 Å². The van der Waals surface area contributed by atoms with Crippen molar-refractivity contribution < 1.29 is 31.5 Å². The fourth-order valence-corrected chi connectivity index (χ4v) is 3.30. The number of alkyl halides is 3. The fraction of sp³-hybridized carbons (Fsp3) is 0.889. The SMILES string of the molecule is CC(C(F)(F)F)S(=O)(=O)N1CCC(C)(C(=O)O)C1. The van der Waals surface area contributed by atoms with Crippen LogP contribution in [0.5, 0.6) is 0 Å². The van der Waals surface area contributed by atoms with E-state index < -0.39 is 39.4 Å². The Morgan fingerprint density at radius 1 is 1.44 bits per heavy atom. The third-order valence-electron chi connectivity index (χ3n) is 3.22. The molecule has 0 saturated carbocycles. The van der Waals surface area contributed by atoms with Gasteiger partial charge in [0.2, 0.25) is 10.0 Å². The molecule has 18 heavy (non-hydrogen) atoms. The predicted molar refractivity (Wildman–Crippen MR) is 56.4 cm³/mol. The van der Waals surface area contributed by atoms with Gasteiger partial charge in [0.1, 0.15) is 0 Å². The van der Waals surface area contributed by atoms with Gasteiger partial charge >= 0.3 is 12.1 Å². The molecule has 5 nitrogen and oxygen atoms in total. The van der Waals surface area contributed by atoms with Gasteiger partial charge in [0, 0.05) is 13.1 Å². The number of carboxylic acid groups (broad SMARTS) is 1. The number of halogens is 3. The molecule has 0 radical (unpaired) electrons. The normalized spacial score (nSPS) is 28.3. The Morgan fingerprint density at radius 2 is 1.94 bits per heavy atom.